The van der Waals surface area contributed by atoms with Crippen LogP contribution in [0.15, 0.2) is 72.8 Å². The smallest absolute Gasteiger partial charge is 0.255 e. The summed E-state index contributed by atoms with van der Waals surface area (Å²) in [7, 11) is 3.99. The second-order valence-corrected chi connectivity index (χ2v) is 9.53. The zero-order chi connectivity index (χ0) is 26.4. The number of nitrogens with zero attached hydrogens (tertiary/aromatic N) is 2. The lowest BCUT2D eigenvalue weighted by Crippen LogP contribution is -2.44. The Balaban J connectivity index is 1.51. The molecule has 1 unspecified atom stereocenters. The quantitative estimate of drug-likeness (QED) is 0.469. The van der Waals surface area contributed by atoms with Crippen molar-refractivity contribution in [1.82, 2.24) is 9.80 Å². The Kier molecular flexibility index (Phi) is 8.20. The van der Waals surface area contributed by atoms with Gasteiger partial charge in [0.15, 0.2) is 0 Å². The molecule has 0 aromatic heterocycles. The second-order valence-electron chi connectivity index (χ2n) is 9.53. The zero-order valence-electron chi connectivity index (χ0n) is 21.1. The number of anilines is 2. The number of nitrogens with one attached hydrogen (secondary N) is 2. The van der Waals surface area contributed by atoms with Crippen molar-refractivity contribution in [3.8, 4) is 0 Å². The highest BCUT2D eigenvalue weighted by molar-refractivity contribution is 6.05. The Morgan fingerprint density at radius 1 is 1.03 bits per heavy atom. The van der Waals surface area contributed by atoms with Crippen molar-refractivity contribution in [3.63, 3.8) is 0 Å². The van der Waals surface area contributed by atoms with E-state index in [1.807, 2.05) is 74.8 Å². The number of benzene rings is 3. The minimum Gasteiger partial charge on any atom is -0.550 e. The van der Waals surface area contributed by atoms with Gasteiger partial charge in [0, 0.05) is 49.0 Å². The highest BCUT2D eigenvalue weighted by Crippen LogP contribution is 2.26. The molecule has 37 heavy (non-hydrogen) atoms. The van der Waals surface area contributed by atoms with E-state index in [0.717, 1.165) is 23.2 Å². The van der Waals surface area contributed by atoms with E-state index in [9.17, 15) is 19.5 Å². The van der Waals surface area contributed by atoms with Crippen LogP contribution in [0, 0.1) is 0 Å². The summed E-state index contributed by atoms with van der Waals surface area (Å²) in [4.78, 5) is 41.3. The van der Waals surface area contributed by atoms with Gasteiger partial charge in [-0.1, -0.05) is 48.5 Å². The lowest BCUT2D eigenvalue weighted by atomic mass is 10.1. The molecule has 0 aliphatic carbocycles. The van der Waals surface area contributed by atoms with E-state index in [1.54, 1.807) is 17.0 Å². The fourth-order valence-electron chi connectivity index (χ4n) is 4.41. The standard InChI is InChI=1S/C29H32N4O4/c1-32(2)18-21-8-12-24(13-9-21)30-28(36)22-10-11-23-19-33(15-14-20-6-4-3-5-7-20)29(37)26(17-27(34)35)31-25(23)16-22/h3-13,16,26,31H,14-15,17-19H2,1-2H3,(H,30,36)(H,34,35)/p-1. The first kappa shape index (κ1) is 25.9. The second kappa shape index (κ2) is 11.7. The molecule has 0 fully saturated rings. The monoisotopic (exact) mass is 499 g/mol. The molecule has 0 spiro atoms. The summed E-state index contributed by atoms with van der Waals surface area (Å²) in [6, 6.07) is 21.7. The molecule has 1 aliphatic rings. The Labute approximate surface area is 216 Å². The maximum absolute atomic E-state index is 13.2. The molecular formula is C29H31N4O4-. The summed E-state index contributed by atoms with van der Waals surface area (Å²) in [5.41, 5.74) is 4.68. The van der Waals surface area contributed by atoms with Gasteiger partial charge in [0.05, 0.1) is 0 Å². The third-order valence-electron chi connectivity index (χ3n) is 6.27. The van der Waals surface area contributed by atoms with Crippen LogP contribution in [0.5, 0.6) is 0 Å². The van der Waals surface area contributed by atoms with E-state index in [4.69, 9.17) is 0 Å². The summed E-state index contributed by atoms with van der Waals surface area (Å²) in [6.45, 7) is 1.56. The first-order valence-corrected chi connectivity index (χ1v) is 12.3. The average Bonchev–Trinajstić information content (AvgIpc) is 2.99. The number of carbonyl (C=O) groups excluding carboxylic acids is 3. The number of aliphatic carboxylic acids is 1. The van der Waals surface area contributed by atoms with Crippen molar-refractivity contribution >= 4 is 29.2 Å². The van der Waals surface area contributed by atoms with E-state index >= 15 is 0 Å². The molecule has 3 aromatic carbocycles. The van der Waals surface area contributed by atoms with E-state index in [1.165, 1.54) is 0 Å². The van der Waals surface area contributed by atoms with Crippen LogP contribution in [0.25, 0.3) is 0 Å². The lowest BCUT2D eigenvalue weighted by Gasteiger charge is -2.25. The summed E-state index contributed by atoms with van der Waals surface area (Å²) in [6.07, 6.45) is 0.184. The van der Waals surface area contributed by atoms with Crippen LogP contribution < -0.4 is 15.7 Å². The summed E-state index contributed by atoms with van der Waals surface area (Å²) in [5, 5.41) is 17.4. The lowest BCUT2D eigenvalue weighted by molar-refractivity contribution is -0.305. The van der Waals surface area contributed by atoms with Gasteiger partial charge in [-0.25, -0.2) is 0 Å². The normalized spacial score (nSPS) is 15.1. The van der Waals surface area contributed by atoms with Gasteiger partial charge in [0.1, 0.15) is 6.04 Å². The number of carboxylic acids is 1. The van der Waals surface area contributed by atoms with Gasteiger partial charge in [-0.3, -0.25) is 9.59 Å². The van der Waals surface area contributed by atoms with Gasteiger partial charge in [-0.05, 0) is 61.5 Å². The Hall–Kier alpha value is -4.17. The van der Waals surface area contributed by atoms with Gasteiger partial charge in [-0.15, -0.1) is 0 Å². The fraction of sp³-hybridized carbons (Fsp3) is 0.276. The van der Waals surface area contributed by atoms with Crippen LogP contribution in [0.3, 0.4) is 0 Å². The molecule has 0 radical (unpaired) electrons. The molecule has 1 heterocycles. The first-order chi connectivity index (χ1) is 17.8. The topological polar surface area (TPSA) is 105 Å². The molecule has 1 aliphatic heterocycles. The third-order valence-corrected chi connectivity index (χ3v) is 6.27. The Morgan fingerprint density at radius 2 is 1.76 bits per heavy atom. The minimum absolute atomic E-state index is 0.294. The van der Waals surface area contributed by atoms with Crippen molar-refractivity contribution in [2.75, 3.05) is 31.3 Å². The molecule has 192 valence electrons. The average molecular weight is 500 g/mol. The number of carbonyl (C=O) groups is 3. The molecular weight excluding hydrogens is 468 g/mol. The van der Waals surface area contributed by atoms with Crippen LogP contribution in [-0.2, 0) is 29.1 Å². The highest BCUT2D eigenvalue weighted by Gasteiger charge is 2.29. The predicted octanol–water partition coefficient (Wildman–Crippen LogP) is 2.51. The van der Waals surface area contributed by atoms with Crippen LogP contribution >= 0.6 is 0 Å². The van der Waals surface area contributed by atoms with Crippen molar-refractivity contribution in [3.05, 3.63) is 95.1 Å². The molecule has 1 atom stereocenters. The number of carboxylic acid groups (broad SMARTS) is 1. The number of amides is 2. The van der Waals surface area contributed by atoms with Crippen molar-refractivity contribution < 1.29 is 19.5 Å². The summed E-state index contributed by atoms with van der Waals surface area (Å²) in [5.74, 6) is -1.91. The number of fused-ring (bicyclic) bond motifs is 1. The number of hydrogen-bond acceptors (Lipinski definition) is 6. The molecule has 0 saturated carbocycles. The fourth-order valence-corrected chi connectivity index (χ4v) is 4.41. The molecule has 2 N–H and O–H groups in total. The Bertz CT molecular complexity index is 1260. The molecule has 4 rings (SSSR count). The predicted molar refractivity (Wildman–Crippen MR) is 141 cm³/mol. The van der Waals surface area contributed by atoms with Crippen LogP contribution in [0.4, 0.5) is 11.4 Å². The zero-order valence-corrected chi connectivity index (χ0v) is 21.1. The molecule has 0 saturated heterocycles. The van der Waals surface area contributed by atoms with Gasteiger partial charge in [0.25, 0.3) is 5.91 Å². The minimum atomic E-state index is -1.32. The summed E-state index contributed by atoms with van der Waals surface area (Å²) >= 11 is 0. The summed E-state index contributed by atoms with van der Waals surface area (Å²) < 4.78 is 0. The van der Waals surface area contributed by atoms with Crippen LogP contribution in [0.2, 0.25) is 0 Å². The molecule has 2 amide bonds. The van der Waals surface area contributed by atoms with Crippen molar-refractivity contribution in [1.29, 1.82) is 0 Å². The third kappa shape index (κ3) is 6.95. The van der Waals surface area contributed by atoms with Crippen molar-refractivity contribution in [2.45, 2.75) is 32.0 Å². The van der Waals surface area contributed by atoms with E-state index in [-0.39, 0.29) is 11.8 Å². The van der Waals surface area contributed by atoms with Gasteiger partial charge in [-0.2, -0.15) is 0 Å². The van der Waals surface area contributed by atoms with Gasteiger partial charge >= 0.3 is 0 Å². The van der Waals surface area contributed by atoms with Gasteiger partial charge < -0.3 is 30.3 Å². The molecule has 8 heteroatoms. The number of rotatable bonds is 9. The van der Waals surface area contributed by atoms with E-state index < -0.39 is 18.4 Å². The first-order valence-electron chi connectivity index (χ1n) is 12.3. The van der Waals surface area contributed by atoms with E-state index in [0.29, 0.717) is 36.4 Å². The maximum Gasteiger partial charge on any atom is 0.255 e. The number of hydrogen-bond donors (Lipinski definition) is 2. The van der Waals surface area contributed by atoms with Crippen molar-refractivity contribution in [2.24, 2.45) is 0 Å². The molecule has 8 nitrogen and oxygen atoms in total. The maximum atomic E-state index is 13.2. The Morgan fingerprint density at radius 3 is 2.43 bits per heavy atom. The SMILES string of the molecule is CN(C)Cc1ccc(NC(=O)c2ccc3c(c2)NC(CC(=O)[O-])C(=O)N(CCc2ccccc2)C3)cc1. The van der Waals surface area contributed by atoms with Crippen LogP contribution in [-0.4, -0.2) is 54.3 Å². The van der Waals surface area contributed by atoms with Crippen LogP contribution in [0.1, 0.15) is 33.5 Å². The largest absolute Gasteiger partial charge is 0.550 e. The molecule has 0 bridgehead atoms. The van der Waals surface area contributed by atoms with Gasteiger partial charge in [0.2, 0.25) is 5.91 Å². The van der Waals surface area contributed by atoms with E-state index in [2.05, 4.69) is 15.5 Å². The highest BCUT2D eigenvalue weighted by atomic mass is 16.4. The molecule has 3 aromatic rings.